The molecule has 0 heterocycles. The van der Waals surface area contributed by atoms with Crippen LogP contribution < -0.4 is 5.32 Å². The van der Waals surface area contributed by atoms with E-state index < -0.39 is 0 Å². The van der Waals surface area contributed by atoms with Gasteiger partial charge in [0, 0.05) is 5.69 Å². The van der Waals surface area contributed by atoms with Gasteiger partial charge in [-0.05, 0) is 36.5 Å². The van der Waals surface area contributed by atoms with Crippen LogP contribution in [0.15, 0.2) is 24.3 Å². The van der Waals surface area contributed by atoms with Crippen molar-refractivity contribution in [3.8, 4) is 11.8 Å². The second kappa shape index (κ2) is 5.21. The lowest BCUT2D eigenvalue weighted by Crippen LogP contribution is -2.08. The zero-order chi connectivity index (χ0) is 11.3. The van der Waals surface area contributed by atoms with Crippen LogP contribution in [0.1, 0.15) is 32.3 Å². The van der Waals surface area contributed by atoms with Gasteiger partial charge >= 0.3 is 0 Å². The molecule has 0 spiro atoms. The Balaban J connectivity index is 2.71. The second-order valence-electron chi connectivity index (χ2n) is 3.61. The molecule has 1 N–H and O–H groups in total. The van der Waals surface area contributed by atoms with Crippen molar-refractivity contribution in [2.45, 2.75) is 26.7 Å². The molecule has 0 saturated carbocycles. The molecule has 0 aliphatic carbocycles. The molecule has 1 rings (SSSR count). The van der Waals surface area contributed by atoms with Gasteiger partial charge < -0.3 is 5.32 Å². The fourth-order valence-electron chi connectivity index (χ4n) is 1.23. The maximum atomic E-state index is 11.1. The van der Waals surface area contributed by atoms with E-state index in [1.54, 1.807) is 6.92 Å². The van der Waals surface area contributed by atoms with Gasteiger partial charge in [-0.3, -0.25) is 4.79 Å². The highest BCUT2D eigenvalue weighted by Gasteiger charge is 2.00. The minimum Gasteiger partial charge on any atom is -0.315 e. The summed E-state index contributed by atoms with van der Waals surface area (Å²) in [6, 6.07) is 7.81. The number of carbonyl (C=O) groups excluding carboxylic acids is 1. The lowest BCUT2D eigenvalue weighted by atomic mass is 10.0. The van der Waals surface area contributed by atoms with E-state index in [4.69, 9.17) is 0 Å². The summed E-state index contributed by atoms with van der Waals surface area (Å²) in [6.07, 6.45) is 0. The topological polar surface area (TPSA) is 29.1 Å². The third kappa shape index (κ3) is 3.47. The quantitative estimate of drug-likeness (QED) is 0.732. The molecular formula is C13H15NO. The zero-order valence-electron chi connectivity index (χ0n) is 9.29. The average Bonchev–Trinajstić information content (AvgIpc) is 2.18. The summed E-state index contributed by atoms with van der Waals surface area (Å²) in [5.74, 6) is 5.22. The maximum absolute atomic E-state index is 11.1. The molecule has 1 aromatic rings. The maximum Gasteiger partial charge on any atom is 0.300 e. The molecule has 0 aliphatic heterocycles. The highest BCUT2D eigenvalue weighted by Crippen LogP contribution is 2.16. The molecule has 15 heavy (non-hydrogen) atoms. The summed E-state index contributed by atoms with van der Waals surface area (Å²) in [6.45, 7) is 5.91. The molecule has 1 aromatic carbocycles. The first-order valence-corrected chi connectivity index (χ1v) is 4.97. The lowest BCUT2D eigenvalue weighted by Gasteiger charge is -2.06. The minimum atomic E-state index is -0.269. The van der Waals surface area contributed by atoms with Crippen LogP contribution in [0.4, 0.5) is 5.69 Å². The molecule has 0 atom stereocenters. The number of benzene rings is 1. The van der Waals surface area contributed by atoms with E-state index in [0.717, 1.165) is 5.69 Å². The molecule has 0 aliphatic rings. The van der Waals surface area contributed by atoms with Crippen LogP contribution >= 0.6 is 0 Å². The number of rotatable bonds is 2. The largest absolute Gasteiger partial charge is 0.315 e. The van der Waals surface area contributed by atoms with Crippen LogP contribution in [-0.4, -0.2) is 5.91 Å². The summed E-state index contributed by atoms with van der Waals surface area (Å²) in [4.78, 5) is 11.1. The van der Waals surface area contributed by atoms with Crippen LogP contribution in [0.5, 0.6) is 0 Å². The van der Waals surface area contributed by atoms with Crippen molar-refractivity contribution < 1.29 is 4.79 Å². The Bertz CT molecular complexity index is 393. The van der Waals surface area contributed by atoms with Gasteiger partial charge in [0.15, 0.2) is 0 Å². The highest BCUT2D eigenvalue weighted by molar-refractivity contribution is 6.03. The Hall–Kier alpha value is -1.75. The smallest absolute Gasteiger partial charge is 0.300 e. The first kappa shape index (κ1) is 11.3. The predicted octanol–water partition coefficient (Wildman–Crippen LogP) is 2.77. The van der Waals surface area contributed by atoms with E-state index in [9.17, 15) is 4.79 Å². The molecule has 2 heteroatoms. The van der Waals surface area contributed by atoms with Gasteiger partial charge in [-0.2, -0.15) is 0 Å². The van der Waals surface area contributed by atoms with Crippen LogP contribution in [0.25, 0.3) is 0 Å². The summed E-state index contributed by atoms with van der Waals surface area (Å²) in [7, 11) is 0. The van der Waals surface area contributed by atoms with Crippen molar-refractivity contribution in [1.82, 2.24) is 0 Å². The molecule has 0 saturated heterocycles. The molecule has 0 aromatic heterocycles. The summed E-state index contributed by atoms with van der Waals surface area (Å²) < 4.78 is 0. The number of nitrogens with one attached hydrogen (secondary N) is 1. The Kier molecular flexibility index (Phi) is 3.93. The number of carbonyl (C=O) groups is 1. The molecule has 2 nitrogen and oxygen atoms in total. The zero-order valence-corrected chi connectivity index (χ0v) is 9.29. The summed E-state index contributed by atoms with van der Waals surface area (Å²) in [5.41, 5.74) is 2.04. The van der Waals surface area contributed by atoms with Gasteiger partial charge in [0.05, 0.1) is 0 Å². The summed E-state index contributed by atoms with van der Waals surface area (Å²) >= 11 is 0. The van der Waals surface area contributed by atoms with E-state index in [0.29, 0.717) is 5.92 Å². The third-order valence-electron chi connectivity index (χ3n) is 2.07. The number of anilines is 1. The standard InChI is InChI=1S/C13H15NO/c1-4-5-13(15)14-12-8-6-11(7-9-12)10(2)3/h6-10H,1-3H3,(H,14,15). The van der Waals surface area contributed by atoms with E-state index in [1.165, 1.54) is 5.56 Å². The van der Waals surface area contributed by atoms with Crippen LogP contribution in [-0.2, 0) is 4.79 Å². The SMILES string of the molecule is CC#CC(=O)Nc1ccc(C(C)C)cc1. The normalized spacial score (nSPS) is 9.33. The Morgan fingerprint density at radius 2 is 1.87 bits per heavy atom. The second-order valence-corrected chi connectivity index (χ2v) is 3.61. The Morgan fingerprint density at radius 3 is 2.33 bits per heavy atom. The van der Waals surface area contributed by atoms with Crippen molar-refractivity contribution in [3.63, 3.8) is 0 Å². The first-order valence-electron chi connectivity index (χ1n) is 4.97. The highest BCUT2D eigenvalue weighted by atomic mass is 16.1. The fraction of sp³-hybridized carbons (Fsp3) is 0.308. The van der Waals surface area contributed by atoms with Gasteiger partial charge in [-0.25, -0.2) is 0 Å². The van der Waals surface area contributed by atoms with E-state index in [1.807, 2.05) is 24.3 Å². The molecule has 0 bridgehead atoms. The monoisotopic (exact) mass is 201 g/mol. The van der Waals surface area contributed by atoms with Crippen molar-refractivity contribution >= 4 is 11.6 Å². The molecular weight excluding hydrogens is 186 g/mol. The molecule has 1 amide bonds. The number of hydrogen-bond acceptors (Lipinski definition) is 1. The van der Waals surface area contributed by atoms with Gasteiger partial charge in [-0.1, -0.05) is 31.9 Å². The van der Waals surface area contributed by atoms with Crippen molar-refractivity contribution in [1.29, 1.82) is 0 Å². The third-order valence-corrected chi connectivity index (χ3v) is 2.07. The summed E-state index contributed by atoms with van der Waals surface area (Å²) in [5, 5.41) is 2.70. The molecule has 0 unspecified atom stereocenters. The lowest BCUT2D eigenvalue weighted by molar-refractivity contribution is -0.111. The Morgan fingerprint density at radius 1 is 1.27 bits per heavy atom. The molecule has 78 valence electrons. The van der Waals surface area contributed by atoms with Crippen molar-refractivity contribution in [3.05, 3.63) is 29.8 Å². The van der Waals surface area contributed by atoms with Crippen LogP contribution in [0.2, 0.25) is 0 Å². The van der Waals surface area contributed by atoms with Gasteiger partial charge in [0.2, 0.25) is 0 Å². The van der Waals surface area contributed by atoms with Crippen molar-refractivity contribution in [2.24, 2.45) is 0 Å². The minimum absolute atomic E-state index is 0.269. The first-order chi connectivity index (χ1) is 7.13. The van der Waals surface area contributed by atoms with Gasteiger partial charge in [0.1, 0.15) is 0 Å². The van der Waals surface area contributed by atoms with E-state index >= 15 is 0 Å². The van der Waals surface area contributed by atoms with Gasteiger partial charge in [0.25, 0.3) is 5.91 Å². The van der Waals surface area contributed by atoms with Gasteiger partial charge in [-0.15, -0.1) is 0 Å². The van der Waals surface area contributed by atoms with E-state index in [-0.39, 0.29) is 5.91 Å². The number of hydrogen-bond donors (Lipinski definition) is 1. The van der Waals surface area contributed by atoms with Crippen LogP contribution in [0, 0.1) is 11.8 Å². The fourth-order valence-corrected chi connectivity index (χ4v) is 1.23. The molecule has 0 radical (unpaired) electrons. The van der Waals surface area contributed by atoms with Crippen molar-refractivity contribution in [2.75, 3.05) is 5.32 Å². The van der Waals surface area contributed by atoms with Crippen LogP contribution in [0.3, 0.4) is 0 Å². The predicted molar refractivity (Wildman–Crippen MR) is 62.6 cm³/mol. The van der Waals surface area contributed by atoms with E-state index in [2.05, 4.69) is 31.0 Å². The molecule has 0 fully saturated rings. The average molecular weight is 201 g/mol. The number of amides is 1. The Labute approximate surface area is 90.7 Å².